The summed E-state index contributed by atoms with van der Waals surface area (Å²) in [5, 5.41) is 7.38. The Labute approximate surface area is 183 Å². The van der Waals surface area contributed by atoms with Crippen LogP contribution in [0.25, 0.3) is 11.0 Å². The molecule has 4 aromatic rings. The highest BCUT2D eigenvalue weighted by Crippen LogP contribution is 2.11. The van der Waals surface area contributed by atoms with Crippen molar-refractivity contribution >= 4 is 16.9 Å². The highest BCUT2D eigenvalue weighted by Gasteiger charge is 2.11. The van der Waals surface area contributed by atoms with Crippen molar-refractivity contribution in [1.82, 2.24) is 24.6 Å². The maximum absolute atomic E-state index is 12.9. The molecule has 0 radical (unpaired) electrons. The molecule has 0 saturated carbocycles. The monoisotopic (exact) mass is 435 g/mol. The SMILES string of the molecule is Cc1ccc(Cn2cnc3c(cnn3CCNC(=O)COc3ccc(F)cc3)c2=O)cc1. The normalized spacial score (nSPS) is 10.9. The molecule has 0 aliphatic rings. The van der Waals surface area contributed by atoms with Crippen LogP contribution in [0.15, 0.2) is 65.8 Å². The first kappa shape index (κ1) is 21.2. The van der Waals surface area contributed by atoms with E-state index in [1.165, 1.54) is 36.8 Å². The Balaban J connectivity index is 1.34. The molecule has 0 aliphatic carbocycles. The lowest BCUT2D eigenvalue weighted by Crippen LogP contribution is -2.31. The standard InChI is InChI=1S/C23H22FN5O3/c1-16-2-4-17(5-3-16)13-28-15-26-22-20(23(28)31)12-27-29(22)11-10-25-21(30)14-32-19-8-6-18(24)7-9-19/h2-9,12,15H,10-11,13-14H2,1H3,(H,25,30). The number of hydrogen-bond acceptors (Lipinski definition) is 5. The van der Waals surface area contributed by atoms with Crippen molar-refractivity contribution in [2.45, 2.75) is 20.0 Å². The zero-order valence-corrected chi connectivity index (χ0v) is 17.5. The molecule has 164 valence electrons. The van der Waals surface area contributed by atoms with Gasteiger partial charge in [-0.05, 0) is 36.8 Å². The van der Waals surface area contributed by atoms with Crippen LogP contribution >= 0.6 is 0 Å². The number of rotatable bonds is 8. The molecule has 8 nitrogen and oxygen atoms in total. The summed E-state index contributed by atoms with van der Waals surface area (Å²) in [4.78, 5) is 29.1. The van der Waals surface area contributed by atoms with E-state index in [4.69, 9.17) is 4.74 Å². The van der Waals surface area contributed by atoms with Crippen molar-refractivity contribution in [1.29, 1.82) is 0 Å². The minimum Gasteiger partial charge on any atom is -0.484 e. The topological polar surface area (TPSA) is 91.0 Å². The predicted molar refractivity (Wildman–Crippen MR) is 117 cm³/mol. The molecule has 0 aliphatic heterocycles. The Kier molecular flexibility index (Phi) is 6.25. The summed E-state index contributed by atoms with van der Waals surface area (Å²) in [6.45, 7) is 2.89. The van der Waals surface area contributed by atoms with E-state index in [2.05, 4.69) is 15.4 Å². The molecule has 1 N–H and O–H groups in total. The van der Waals surface area contributed by atoms with Gasteiger partial charge in [-0.15, -0.1) is 0 Å². The third kappa shape index (κ3) is 5.00. The van der Waals surface area contributed by atoms with Gasteiger partial charge in [-0.25, -0.2) is 14.1 Å². The van der Waals surface area contributed by atoms with Gasteiger partial charge >= 0.3 is 0 Å². The Morgan fingerprint density at radius 3 is 2.62 bits per heavy atom. The molecule has 9 heteroatoms. The van der Waals surface area contributed by atoms with Crippen LogP contribution in [0.2, 0.25) is 0 Å². The highest BCUT2D eigenvalue weighted by molar-refractivity contribution is 5.77. The van der Waals surface area contributed by atoms with Crippen molar-refractivity contribution in [2.75, 3.05) is 13.2 Å². The molecular weight excluding hydrogens is 413 g/mol. The quantitative estimate of drug-likeness (QED) is 0.459. The van der Waals surface area contributed by atoms with E-state index < -0.39 is 0 Å². The fourth-order valence-corrected chi connectivity index (χ4v) is 3.20. The van der Waals surface area contributed by atoms with Gasteiger partial charge in [-0.1, -0.05) is 29.8 Å². The Bertz CT molecular complexity index is 1280. The van der Waals surface area contributed by atoms with Crippen molar-refractivity contribution in [2.24, 2.45) is 0 Å². The first-order valence-electron chi connectivity index (χ1n) is 10.1. The number of nitrogens with zero attached hydrogens (tertiary/aromatic N) is 4. The molecule has 2 aromatic heterocycles. The average Bonchev–Trinajstić information content (AvgIpc) is 3.20. The van der Waals surface area contributed by atoms with Crippen LogP contribution < -0.4 is 15.6 Å². The number of fused-ring (bicyclic) bond motifs is 1. The number of carbonyl (C=O) groups excluding carboxylic acids is 1. The summed E-state index contributed by atoms with van der Waals surface area (Å²) in [6, 6.07) is 13.4. The van der Waals surface area contributed by atoms with Gasteiger partial charge < -0.3 is 10.1 Å². The fraction of sp³-hybridized carbons (Fsp3) is 0.217. The van der Waals surface area contributed by atoms with Gasteiger partial charge in [0.1, 0.15) is 23.3 Å². The Hall–Kier alpha value is -4.01. The number of benzene rings is 2. The molecule has 0 atom stereocenters. The van der Waals surface area contributed by atoms with Crippen molar-refractivity contribution in [3.05, 3.63) is 88.4 Å². The van der Waals surface area contributed by atoms with E-state index >= 15 is 0 Å². The molecule has 1 amide bonds. The third-order valence-corrected chi connectivity index (χ3v) is 4.93. The number of ether oxygens (including phenoxy) is 1. The number of halogens is 1. The van der Waals surface area contributed by atoms with Crippen LogP contribution in [0.3, 0.4) is 0 Å². The second-order valence-electron chi connectivity index (χ2n) is 7.36. The van der Waals surface area contributed by atoms with E-state index in [9.17, 15) is 14.0 Å². The van der Waals surface area contributed by atoms with E-state index in [0.717, 1.165) is 11.1 Å². The number of carbonyl (C=O) groups is 1. The molecule has 0 spiro atoms. The molecular formula is C23H22FN5O3. The average molecular weight is 435 g/mol. The highest BCUT2D eigenvalue weighted by atomic mass is 19.1. The largest absolute Gasteiger partial charge is 0.484 e. The molecule has 0 fully saturated rings. The van der Waals surface area contributed by atoms with Gasteiger partial charge in [0.15, 0.2) is 12.3 Å². The molecule has 0 bridgehead atoms. The number of aryl methyl sites for hydroxylation is 1. The van der Waals surface area contributed by atoms with Gasteiger partial charge in [0, 0.05) is 6.54 Å². The van der Waals surface area contributed by atoms with Gasteiger partial charge in [0.2, 0.25) is 0 Å². The zero-order valence-electron chi connectivity index (χ0n) is 17.5. The van der Waals surface area contributed by atoms with Crippen LogP contribution in [0.1, 0.15) is 11.1 Å². The van der Waals surface area contributed by atoms with Crippen LogP contribution in [0, 0.1) is 12.7 Å². The maximum atomic E-state index is 12.9. The summed E-state index contributed by atoms with van der Waals surface area (Å²) in [5.74, 6) is -0.284. The molecule has 2 heterocycles. The number of nitrogens with one attached hydrogen (secondary N) is 1. The first-order valence-corrected chi connectivity index (χ1v) is 10.1. The van der Waals surface area contributed by atoms with E-state index in [1.54, 1.807) is 9.25 Å². The van der Waals surface area contributed by atoms with Crippen molar-refractivity contribution < 1.29 is 13.9 Å². The summed E-state index contributed by atoms with van der Waals surface area (Å²) in [6.07, 6.45) is 3.01. The number of hydrogen-bond donors (Lipinski definition) is 1. The van der Waals surface area contributed by atoms with Gasteiger partial charge in [0.05, 0.1) is 19.3 Å². The molecule has 4 rings (SSSR count). The lowest BCUT2D eigenvalue weighted by Gasteiger charge is -2.09. The second-order valence-corrected chi connectivity index (χ2v) is 7.36. The second kappa shape index (κ2) is 9.42. The van der Waals surface area contributed by atoms with Gasteiger partial charge in [-0.3, -0.25) is 14.2 Å². The van der Waals surface area contributed by atoms with Crippen LogP contribution in [-0.2, 0) is 17.9 Å². The summed E-state index contributed by atoms with van der Waals surface area (Å²) < 4.78 is 21.3. The zero-order chi connectivity index (χ0) is 22.5. The number of amides is 1. The van der Waals surface area contributed by atoms with E-state index in [0.29, 0.717) is 29.9 Å². The minimum atomic E-state index is -0.372. The maximum Gasteiger partial charge on any atom is 0.264 e. The minimum absolute atomic E-state index is 0.168. The lowest BCUT2D eigenvalue weighted by atomic mass is 10.1. The summed E-state index contributed by atoms with van der Waals surface area (Å²) in [5.41, 5.74) is 2.47. The predicted octanol–water partition coefficient (Wildman–Crippen LogP) is 2.28. The van der Waals surface area contributed by atoms with Crippen molar-refractivity contribution in [3.63, 3.8) is 0 Å². The van der Waals surface area contributed by atoms with Crippen LogP contribution in [-0.4, -0.2) is 38.4 Å². The number of aromatic nitrogens is 4. The third-order valence-electron chi connectivity index (χ3n) is 4.93. The van der Waals surface area contributed by atoms with E-state index in [1.807, 2.05) is 31.2 Å². The fourth-order valence-electron chi connectivity index (χ4n) is 3.20. The van der Waals surface area contributed by atoms with Gasteiger partial charge in [0.25, 0.3) is 11.5 Å². The van der Waals surface area contributed by atoms with E-state index in [-0.39, 0.29) is 30.4 Å². The van der Waals surface area contributed by atoms with Gasteiger partial charge in [-0.2, -0.15) is 5.10 Å². The van der Waals surface area contributed by atoms with Crippen molar-refractivity contribution in [3.8, 4) is 5.75 Å². The molecule has 2 aromatic carbocycles. The molecule has 32 heavy (non-hydrogen) atoms. The Morgan fingerprint density at radius 2 is 1.88 bits per heavy atom. The smallest absolute Gasteiger partial charge is 0.264 e. The lowest BCUT2D eigenvalue weighted by molar-refractivity contribution is -0.123. The summed E-state index contributed by atoms with van der Waals surface area (Å²) >= 11 is 0. The first-order chi connectivity index (χ1) is 15.5. The summed E-state index contributed by atoms with van der Waals surface area (Å²) in [7, 11) is 0. The molecule has 0 saturated heterocycles. The Morgan fingerprint density at radius 1 is 1.12 bits per heavy atom. The van der Waals surface area contributed by atoms with Crippen LogP contribution in [0.5, 0.6) is 5.75 Å². The van der Waals surface area contributed by atoms with Crippen LogP contribution in [0.4, 0.5) is 4.39 Å². The molecule has 0 unspecified atom stereocenters.